The lowest BCUT2D eigenvalue weighted by atomic mass is 9.98. The minimum absolute atomic E-state index is 0.0374. The van der Waals surface area contributed by atoms with Gasteiger partial charge in [-0.1, -0.05) is 42.4 Å². The van der Waals surface area contributed by atoms with E-state index in [-0.39, 0.29) is 5.91 Å². The standard InChI is InChI=1S/C23H23ClN4O2/c1-3-22(29)27-8-10-28(11-9-27)23-19-12-20(24)18(13-21(19)25-15-26-23)17-7-5-4-6-16(17)14-30-2/h3-7,12-13,15H,1,8-11,14H2,2H3. The van der Waals surface area contributed by atoms with Crippen LogP contribution in [0.4, 0.5) is 5.82 Å². The van der Waals surface area contributed by atoms with Crippen LogP contribution in [0.1, 0.15) is 5.56 Å². The summed E-state index contributed by atoms with van der Waals surface area (Å²) in [7, 11) is 1.68. The van der Waals surface area contributed by atoms with E-state index in [2.05, 4.69) is 21.4 Å². The Morgan fingerprint density at radius 1 is 1.17 bits per heavy atom. The van der Waals surface area contributed by atoms with Crippen LogP contribution in [0.3, 0.4) is 0 Å². The predicted molar refractivity (Wildman–Crippen MR) is 120 cm³/mol. The predicted octanol–water partition coefficient (Wildman–Crippen LogP) is 3.93. The van der Waals surface area contributed by atoms with Gasteiger partial charge in [-0.05, 0) is 29.3 Å². The molecule has 3 aromatic rings. The van der Waals surface area contributed by atoms with Crippen LogP contribution in [0.25, 0.3) is 22.0 Å². The smallest absolute Gasteiger partial charge is 0.246 e. The lowest BCUT2D eigenvalue weighted by molar-refractivity contribution is -0.126. The van der Waals surface area contributed by atoms with E-state index < -0.39 is 0 Å². The van der Waals surface area contributed by atoms with Crippen LogP contribution >= 0.6 is 11.6 Å². The summed E-state index contributed by atoms with van der Waals surface area (Å²) in [5.41, 5.74) is 3.85. The summed E-state index contributed by atoms with van der Waals surface area (Å²) in [6, 6.07) is 12.0. The first-order chi connectivity index (χ1) is 14.6. The molecule has 4 rings (SSSR count). The van der Waals surface area contributed by atoms with Gasteiger partial charge in [-0.3, -0.25) is 4.79 Å². The second-order valence-electron chi connectivity index (χ2n) is 7.15. The molecule has 0 atom stereocenters. The molecule has 1 fully saturated rings. The van der Waals surface area contributed by atoms with E-state index >= 15 is 0 Å². The zero-order valence-electron chi connectivity index (χ0n) is 16.8. The normalized spacial score (nSPS) is 14.2. The number of amides is 1. The number of benzene rings is 2. The van der Waals surface area contributed by atoms with Crippen molar-refractivity contribution in [1.29, 1.82) is 0 Å². The summed E-state index contributed by atoms with van der Waals surface area (Å²) in [4.78, 5) is 24.8. The average Bonchev–Trinajstić information content (AvgIpc) is 2.78. The largest absolute Gasteiger partial charge is 0.380 e. The third-order valence-corrected chi connectivity index (χ3v) is 5.69. The number of ether oxygens (including phenoxy) is 1. The number of carbonyl (C=O) groups is 1. The summed E-state index contributed by atoms with van der Waals surface area (Å²) < 4.78 is 5.34. The van der Waals surface area contributed by atoms with Crippen molar-refractivity contribution in [3.05, 3.63) is 66.0 Å². The number of hydrogen-bond donors (Lipinski definition) is 0. The molecule has 1 saturated heterocycles. The minimum Gasteiger partial charge on any atom is -0.380 e. The Morgan fingerprint density at radius 2 is 1.93 bits per heavy atom. The van der Waals surface area contributed by atoms with Gasteiger partial charge in [0.25, 0.3) is 0 Å². The third-order valence-electron chi connectivity index (χ3n) is 5.38. The van der Waals surface area contributed by atoms with Gasteiger partial charge < -0.3 is 14.5 Å². The van der Waals surface area contributed by atoms with E-state index in [9.17, 15) is 4.79 Å². The van der Waals surface area contributed by atoms with Gasteiger partial charge in [0.15, 0.2) is 0 Å². The number of fused-ring (bicyclic) bond motifs is 1. The van der Waals surface area contributed by atoms with Crippen LogP contribution in [0.2, 0.25) is 5.02 Å². The van der Waals surface area contributed by atoms with Gasteiger partial charge in [0, 0.05) is 49.3 Å². The molecule has 0 N–H and O–H groups in total. The Morgan fingerprint density at radius 3 is 2.67 bits per heavy atom. The van der Waals surface area contributed by atoms with Gasteiger partial charge in [-0.15, -0.1) is 0 Å². The second-order valence-corrected chi connectivity index (χ2v) is 7.56. The number of hydrogen-bond acceptors (Lipinski definition) is 5. The summed E-state index contributed by atoms with van der Waals surface area (Å²) in [5, 5.41) is 1.54. The van der Waals surface area contributed by atoms with Crippen molar-refractivity contribution in [3.63, 3.8) is 0 Å². The number of rotatable bonds is 5. The number of piperazine rings is 1. The Bertz CT molecular complexity index is 1090. The van der Waals surface area contributed by atoms with Gasteiger partial charge in [-0.2, -0.15) is 0 Å². The first-order valence-electron chi connectivity index (χ1n) is 9.80. The highest BCUT2D eigenvalue weighted by Gasteiger charge is 2.22. The van der Waals surface area contributed by atoms with Gasteiger partial charge in [0.1, 0.15) is 12.1 Å². The maximum atomic E-state index is 11.9. The molecule has 0 radical (unpaired) electrons. The Labute approximate surface area is 180 Å². The second kappa shape index (κ2) is 8.81. The molecule has 154 valence electrons. The molecule has 1 aromatic heterocycles. The molecule has 7 heteroatoms. The van der Waals surface area contributed by atoms with Crippen molar-refractivity contribution in [2.75, 3.05) is 38.2 Å². The number of halogens is 1. The fourth-order valence-electron chi connectivity index (χ4n) is 3.85. The molecule has 1 amide bonds. The van der Waals surface area contributed by atoms with Crippen molar-refractivity contribution < 1.29 is 9.53 Å². The van der Waals surface area contributed by atoms with E-state index in [1.165, 1.54) is 6.08 Å². The molecule has 0 spiro atoms. The molecule has 0 unspecified atom stereocenters. The quantitative estimate of drug-likeness (QED) is 0.583. The highest BCUT2D eigenvalue weighted by Crippen LogP contribution is 2.36. The number of carbonyl (C=O) groups excluding carboxylic acids is 1. The van der Waals surface area contributed by atoms with Crippen LogP contribution in [0.5, 0.6) is 0 Å². The highest BCUT2D eigenvalue weighted by molar-refractivity contribution is 6.34. The first kappa shape index (κ1) is 20.3. The molecular formula is C23H23ClN4O2. The maximum absolute atomic E-state index is 11.9. The van der Waals surface area contributed by atoms with E-state index in [1.807, 2.05) is 36.4 Å². The van der Waals surface area contributed by atoms with Crippen molar-refractivity contribution >= 4 is 34.2 Å². The SMILES string of the molecule is C=CC(=O)N1CCN(c2ncnc3cc(-c4ccccc4COC)c(Cl)cc23)CC1. The van der Waals surface area contributed by atoms with Crippen LogP contribution in [0.15, 0.2) is 55.4 Å². The summed E-state index contributed by atoms with van der Waals surface area (Å²) in [6.45, 7) is 6.73. The molecular weight excluding hydrogens is 400 g/mol. The first-order valence-corrected chi connectivity index (χ1v) is 10.2. The number of aromatic nitrogens is 2. The Balaban J connectivity index is 1.70. The van der Waals surface area contributed by atoms with E-state index in [0.717, 1.165) is 33.4 Å². The molecule has 2 aromatic carbocycles. The van der Waals surface area contributed by atoms with Crippen LogP contribution in [-0.2, 0) is 16.1 Å². The van der Waals surface area contributed by atoms with Crippen LogP contribution < -0.4 is 4.90 Å². The Kier molecular flexibility index (Phi) is 5.97. The van der Waals surface area contributed by atoms with E-state index in [0.29, 0.717) is 37.8 Å². The molecule has 1 aliphatic heterocycles. The summed E-state index contributed by atoms with van der Waals surface area (Å²) in [5.74, 6) is 0.800. The maximum Gasteiger partial charge on any atom is 0.246 e. The van der Waals surface area contributed by atoms with Crippen molar-refractivity contribution in [2.24, 2.45) is 0 Å². The lowest BCUT2D eigenvalue weighted by Gasteiger charge is -2.35. The molecule has 0 aliphatic carbocycles. The summed E-state index contributed by atoms with van der Waals surface area (Å²) in [6.07, 6.45) is 2.94. The molecule has 30 heavy (non-hydrogen) atoms. The minimum atomic E-state index is -0.0374. The van der Waals surface area contributed by atoms with E-state index in [4.69, 9.17) is 16.3 Å². The number of methoxy groups -OCH3 is 1. The zero-order valence-corrected chi connectivity index (χ0v) is 17.6. The van der Waals surface area contributed by atoms with Gasteiger partial charge >= 0.3 is 0 Å². The average molecular weight is 423 g/mol. The monoisotopic (exact) mass is 422 g/mol. The van der Waals surface area contributed by atoms with Gasteiger partial charge in [0.2, 0.25) is 5.91 Å². The molecule has 1 aliphatic rings. The number of nitrogens with zero attached hydrogens (tertiary/aromatic N) is 4. The fourth-order valence-corrected chi connectivity index (χ4v) is 4.12. The van der Waals surface area contributed by atoms with Crippen LogP contribution in [-0.4, -0.2) is 54.1 Å². The van der Waals surface area contributed by atoms with Gasteiger partial charge in [-0.25, -0.2) is 9.97 Å². The highest BCUT2D eigenvalue weighted by atomic mass is 35.5. The zero-order chi connectivity index (χ0) is 21.1. The van der Waals surface area contributed by atoms with Crippen molar-refractivity contribution in [1.82, 2.24) is 14.9 Å². The Hall–Kier alpha value is -2.96. The number of anilines is 1. The summed E-state index contributed by atoms with van der Waals surface area (Å²) >= 11 is 6.73. The van der Waals surface area contributed by atoms with Crippen molar-refractivity contribution in [2.45, 2.75) is 6.61 Å². The third kappa shape index (κ3) is 3.88. The lowest BCUT2D eigenvalue weighted by Crippen LogP contribution is -2.48. The topological polar surface area (TPSA) is 58.6 Å². The molecule has 0 saturated carbocycles. The molecule has 2 heterocycles. The molecule has 6 nitrogen and oxygen atoms in total. The van der Waals surface area contributed by atoms with Crippen molar-refractivity contribution in [3.8, 4) is 11.1 Å². The van der Waals surface area contributed by atoms with E-state index in [1.54, 1.807) is 18.3 Å². The molecule has 0 bridgehead atoms. The van der Waals surface area contributed by atoms with Gasteiger partial charge in [0.05, 0.1) is 12.1 Å². The fraction of sp³-hybridized carbons (Fsp3) is 0.261. The van der Waals surface area contributed by atoms with Crippen LogP contribution in [0, 0.1) is 0 Å².